The van der Waals surface area contributed by atoms with Crippen molar-refractivity contribution in [1.82, 2.24) is 9.80 Å². The van der Waals surface area contributed by atoms with Gasteiger partial charge in [-0.2, -0.15) is 0 Å². The van der Waals surface area contributed by atoms with E-state index in [0.717, 1.165) is 13.0 Å². The van der Waals surface area contributed by atoms with Crippen LogP contribution < -0.4 is 0 Å². The molecule has 3 aliphatic rings. The number of carbonyl (C=O) groups is 2. The van der Waals surface area contributed by atoms with E-state index in [-0.39, 0.29) is 29.4 Å². The second kappa shape index (κ2) is 5.77. The summed E-state index contributed by atoms with van der Waals surface area (Å²) in [6, 6.07) is 17.9. The first-order valence-corrected chi connectivity index (χ1v) is 9.84. The van der Waals surface area contributed by atoms with Crippen LogP contribution in [0.1, 0.15) is 59.0 Å². The van der Waals surface area contributed by atoms with Crippen molar-refractivity contribution in [3.63, 3.8) is 0 Å². The lowest BCUT2D eigenvalue weighted by Crippen LogP contribution is -2.80. The smallest absolute Gasteiger partial charge is 0.261 e. The Bertz CT molecular complexity index is 890. The lowest BCUT2D eigenvalue weighted by molar-refractivity contribution is -0.199. The van der Waals surface area contributed by atoms with Crippen molar-refractivity contribution in [3.8, 4) is 0 Å². The van der Waals surface area contributed by atoms with E-state index in [1.165, 1.54) is 16.9 Å². The molecule has 0 spiro atoms. The minimum Gasteiger partial charge on any atom is -0.288 e. The highest BCUT2D eigenvalue weighted by Gasteiger charge is 2.65. The van der Waals surface area contributed by atoms with Gasteiger partial charge in [-0.1, -0.05) is 42.5 Å². The number of benzene rings is 2. The lowest BCUT2D eigenvalue weighted by atomic mass is 9.54. The quantitative estimate of drug-likeness (QED) is 0.777. The molecule has 1 aliphatic carbocycles. The van der Waals surface area contributed by atoms with Gasteiger partial charge in [0.2, 0.25) is 0 Å². The maximum absolute atomic E-state index is 13.0. The summed E-state index contributed by atoms with van der Waals surface area (Å²) in [4.78, 5) is 30.0. The van der Waals surface area contributed by atoms with Gasteiger partial charge < -0.3 is 0 Å². The summed E-state index contributed by atoms with van der Waals surface area (Å²) < 4.78 is 0. The zero-order valence-electron chi connectivity index (χ0n) is 15.8. The Morgan fingerprint density at radius 1 is 0.926 bits per heavy atom. The Hall–Kier alpha value is -2.46. The van der Waals surface area contributed by atoms with Gasteiger partial charge in [0, 0.05) is 18.1 Å². The predicted molar refractivity (Wildman–Crippen MR) is 103 cm³/mol. The number of likely N-dealkylation sites (tertiary alicyclic amines) is 1. The molecule has 0 N–H and O–H groups in total. The largest absolute Gasteiger partial charge is 0.288 e. The van der Waals surface area contributed by atoms with Gasteiger partial charge in [0.15, 0.2) is 0 Å². The molecule has 138 valence electrons. The monoisotopic (exact) mass is 360 g/mol. The van der Waals surface area contributed by atoms with E-state index in [9.17, 15) is 9.59 Å². The topological polar surface area (TPSA) is 40.6 Å². The molecule has 27 heavy (non-hydrogen) atoms. The zero-order chi connectivity index (χ0) is 18.8. The van der Waals surface area contributed by atoms with Gasteiger partial charge in [0.25, 0.3) is 11.8 Å². The summed E-state index contributed by atoms with van der Waals surface area (Å²) in [5.41, 5.74) is 2.30. The minimum atomic E-state index is -0.137. The molecule has 0 bridgehead atoms. The molecule has 2 amide bonds. The highest BCUT2D eigenvalue weighted by atomic mass is 16.2. The highest BCUT2D eigenvalue weighted by molar-refractivity contribution is 6.21. The molecule has 4 unspecified atom stereocenters. The van der Waals surface area contributed by atoms with Gasteiger partial charge in [-0.25, -0.2) is 0 Å². The number of fused-ring (bicyclic) bond motifs is 2. The van der Waals surface area contributed by atoms with E-state index >= 15 is 0 Å². The van der Waals surface area contributed by atoms with E-state index in [1.54, 1.807) is 12.1 Å². The first-order valence-electron chi connectivity index (χ1n) is 9.84. The van der Waals surface area contributed by atoms with Crippen molar-refractivity contribution in [1.29, 1.82) is 0 Å². The van der Waals surface area contributed by atoms with Crippen LogP contribution in [0, 0.1) is 5.92 Å². The predicted octanol–water partition coefficient (Wildman–Crippen LogP) is 3.90. The van der Waals surface area contributed by atoms with Crippen LogP contribution in [0.15, 0.2) is 54.6 Å². The lowest BCUT2D eigenvalue weighted by Gasteiger charge is -2.71. The van der Waals surface area contributed by atoms with Crippen LogP contribution in [0.4, 0.5) is 0 Å². The average molecular weight is 360 g/mol. The third-order valence-electron chi connectivity index (χ3n) is 7.24. The number of hydrogen-bond donors (Lipinski definition) is 0. The summed E-state index contributed by atoms with van der Waals surface area (Å²) in [5, 5.41) is 0. The van der Waals surface area contributed by atoms with Crippen LogP contribution >= 0.6 is 0 Å². The second-order valence-corrected chi connectivity index (χ2v) is 8.17. The van der Waals surface area contributed by atoms with E-state index in [4.69, 9.17) is 0 Å². The summed E-state index contributed by atoms with van der Waals surface area (Å²) in [6.45, 7) is 5.35. The van der Waals surface area contributed by atoms with Gasteiger partial charge in [-0.15, -0.1) is 0 Å². The fourth-order valence-corrected chi connectivity index (χ4v) is 5.57. The van der Waals surface area contributed by atoms with Crippen molar-refractivity contribution >= 4 is 11.8 Å². The number of carbonyl (C=O) groups excluding carboxylic acids is 2. The molecule has 2 aliphatic heterocycles. The summed E-state index contributed by atoms with van der Waals surface area (Å²) in [5.74, 6) is 0.299. The van der Waals surface area contributed by atoms with Crippen molar-refractivity contribution in [2.75, 3.05) is 6.54 Å². The summed E-state index contributed by atoms with van der Waals surface area (Å²) >= 11 is 0. The fourth-order valence-electron chi connectivity index (χ4n) is 5.57. The van der Waals surface area contributed by atoms with Crippen molar-refractivity contribution in [2.45, 2.75) is 44.3 Å². The molecule has 2 aromatic rings. The average Bonchev–Trinajstić information content (AvgIpc) is 2.94. The molecule has 5 rings (SSSR count). The van der Waals surface area contributed by atoms with Gasteiger partial charge in [0.05, 0.1) is 17.2 Å². The molecule has 4 atom stereocenters. The number of imide groups is 1. The molecule has 2 heterocycles. The first-order chi connectivity index (χ1) is 13.1. The van der Waals surface area contributed by atoms with E-state index in [2.05, 4.69) is 43.0 Å². The Morgan fingerprint density at radius 2 is 1.52 bits per heavy atom. The maximum Gasteiger partial charge on any atom is 0.261 e. The number of amides is 2. The van der Waals surface area contributed by atoms with Gasteiger partial charge >= 0.3 is 0 Å². The third kappa shape index (κ3) is 2.08. The number of rotatable bonds is 4. The summed E-state index contributed by atoms with van der Waals surface area (Å²) in [6.07, 6.45) is 2.23. The number of piperidine rings is 1. The van der Waals surface area contributed by atoms with Crippen LogP contribution in [0.25, 0.3) is 0 Å². The van der Waals surface area contributed by atoms with Crippen molar-refractivity contribution in [3.05, 3.63) is 71.3 Å². The maximum atomic E-state index is 13.0. The fraction of sp³-hybridized carbons (Fsp3) is 0.391. The molecule has 0 aromatic heterocycles. The Kier molecular flexibility index (Phi) is 3.57. The van der Waals surface area contributed by atoms with Crippen LogP contribution in [0.2, 0.25) is 0 Å². The number of hydrogen-bond acceptors (Lipinski definition) is 3. The molecule has 1 saturated heterocycles. The van der Waals surface area contributed by atoms with Crippen LogP contribution in [0.5, 0.6) is 0 Å². The third-order valence-corrected chi connectivity index (χ3v) is 7.24. The van der Waals surface area contributed by atoms with Gasteiger partial charge in [-0.05, 0) is 50.3 Å². The molecule has 2 aromatic carbocycles. The van der Waals surface area contributed by atoms with Crippen LogP contribution in [-0.4, -0.2) is 39.7 Å². The van der Waals surface area contributed by atoms with Crippen LogP contribution in [-0.2, 0) is 0 Å². The highest BCUT2D eigenvalue weighted by Crippen LogP contribution is 2.58. The Morgan fingerprint density at radius 3 is 2.04 bits per heavy atom. The standard InChI is InChI=1S/C23H24N2O2/c1-15(17-8-4-3-5-9-17)24-14-18-12-13-23(18,24)16(2)25-21(26)19-10-6-7-11-20(19)22(25)27/h3-11,15-16,18H,12-14H2,1-2H3. The molecule has 1 saturated carbocycles. The van der Waals surface area contributed by atoms with Gasteiger partial charge in [-0.3, -0.25) is 19.4 Å². The van der Waals surface area contributed by atoms with Crippen LogP contribution in [0.3, 0.4) is 0 Å². The molecule has 4 nitrogen and oxygen atoms in total. The number of nitrogens with zero attached hydrogens (tertiary/aromatic N) is 2. The Balaban J connectivity index is 1.47. The molecule has 0 radical (unpaired) electrons. The van der Waals surface area contributed by atoms with Crippen molar-refractivity contribution < 1.29 is 9.59 Å². The normalized spacial score (nSPS) is 28.8. The summed E-state index contributed by atoms with van der Waals surface area (Å²) in [7, 11) is 0. The molecular formula is C23H24N2O2. The SMILES string of the molecule is CC(c1ccccc1)N1CC2CCC21C(C)N1C(=O)c2ccccc2C1=O. The molecule has 4 heteroatoms. The zero-order valence-corrected chi connectivity index (χ0v) is 15.8. The second-order valence-electron chi connectivity index (χ2n) is 8.17. The minimum absolute atomic E-state index is 0.0807. The molecule has 2 fully saturated rings. The van der Waals surface area contributed by atoms with E-state index < -0.39 is 0 Å². The van der Waals surface area contributed by atoms with Crippen molar-refractivity contribution in [2.24, 2.45) is 5.92 Å². The van der Waals surface area contributed by atoms with Gasteiger partial charge in [0.1, 0.15) is 0 Å². The Labute approximate surface area is 159 Å². The molecular weight excluding hydrogens is 336 g/mol. The van der Waals surface area contributed by atoms with E-state index in [0.29, 0.717) is 17.0 Å². The first kappa shape index (κ1) is 16.7. The van der Waals surface area contributed by atoms with E-state index in [1.807, 2.05) is 18.2 Å².